The summed E-state index contributed by atoms with van der Waals surface area (Å²) >= 11 is 0. The Hall–Kier alpha value is -1.37. The molecule has 30 heavy (non-hydrogen) atoms. The summed E-state index contributed by atoms with van der Waals surface area (Å²) in [6, 6.07) is 0. The number of rotatable bonds is 2. The number of hydrogen-bond donors (Lipinski definition) is 3. The van der Waals surface area contributed by atoms with Gasteiger partial charge in [-0.1, -0.05) is 25.0 Å². The number of halogens is 1. The first-order valence-corrected chi connectivity index (χ1v) is 11.0. The Kier molecular flexibility index (Phi) is 4.78. The second-order valence-corrected chi connectivity index (χ2v) is 10.4. The van der Waals surface area contributed by atoms with Crippen molar-refractivity contribution in [2.24, 2.45) is 33.6 Å². The van der Waals surface area contributed by atoms with Crippen LogP contribution in [0.4, 0.5) is 4.39 Å². The van der Waals surface area contributed by atoms with Gasteiger partial charge < -0.3 is 15.3 Å². The summed E-state index contributed by atoms with van der Waals surface area (Å²) in [6.45, 7) is 6.64. The highest BCUT2D eigenvalue weighted by atomic mass is 19.1. The van der Waals surface area contributed by atoms with Gasteiger partial charge in [-0.05, 0) is 63.5 Å². The van der Waals surface area contributed by atoms with Gasteiger partial charge in [-0.15, -0.1) is 0 Å². The molecular formula is C24H34FNO4. The lowest BCUT2D eigenvalue weighted by atomic mass is 9.43. The van der Waals surface area contributed by atoms with E-state index in [4.69, 9.17) is 0 Å². The minimum Gasteiger partial charge on any atom is -0.390 e. The molecule has 8 atom stereocenters. The molecule has 0 aromatic heterocycles. The Balaban J connectivity index is 1.86. The normalized spacial score (nSPS) is 51.6. The van der Waals surface area contributed by atoms with Gasteiger partial charge in [-0.2, -0.15) is 0 Å². The van der Waals surface area contributed by atoms with Crippen molar-refractivity contribution in [2.45, 2.75) is 70.8 Å². The molecule has 3 saturated carbocycles. The Morgan fingerprint density at radius 3 is 2.57 bits per heavy atom. The van der Waals surface area contributed by atoms with Crippen molar-refractivity contribution in [1.82, 2.24) is 0 Å². The van der Waals surface area contributed by atoms with Crippen LogP contribution in [-0.2, 0) is 4.79 Å². The molecule has 0 aromatic rings. The second kappa shape index (κ2) is 6.57. The molecule has 1 unspecified atom stereocenters. The van der Waals surface area contributed by atoms with E-state index < -0.39 is 52.4 Å². The van der Waals surface area contributed by atoms with Crippen molar-refractivity contribution in [1.29, 1.82) is 0 Å². The average Bonchev–Trinajstić information content (AvgIpc) is 2.90. The van der Waals surface area contributed by atoms with E-state index in [1.807, 2.05) is 26.0 Å². The van der Waals surface area contributed by atoms with Gasteiger partial charge in [0.1, 0.15) is 12.2 Å². The highest BCUT2D eigenvalue weighted by molar-refractivity contribution is 6.06. The Morgan fingerprint density at radius 2 is 1.97 bits per heavy atom. The molecule has 6 heteroatoms. The van der Waals surface area contributed by atoms with Crippen LogP contribution in [-0.4, -0.2) is 57.8 Å². The Morgan fingerprint density at radius 1 is 1.30 bits per heavy atom. The number of allylic oxidation sites excluding steroid dienone is 4. The monoisotopic (exact) mass is 419 g/mol. The maximum atomic E-state index is 17.3. The van der Waals surface area contributed by atoms with E-state index in [0.29, 0.717) is 19.3 Å². The van der Waals surface area contributed by atoms with Gasteiger partial charge in [0.2, 0.25) is 0 Å². The summed E-state index contributed by atoms with van der Waals surface area (Å²) in [7, 11) is 1.72. The van der Waals surface area contributed by atoms with Crippen LogP contribution in [0.3, 0.4) is 0 Å². The molecule has 4 aliphatic rings. The third kappa shape index (κ3) is 2.23. The standard InChI is InChI=1S/C24H34FNO4/c1-13-8-16(26-5)10-15-6-7-17-18-9-14(2)24(30,20(29)12-27)21(18,3)11-19(28)23(17,25)22(13,15)4/h8,10,14,17-19,27-28,30H,6-7,9,11-12H2,1-5H3/b26-16-/t14-,17+,18?,19+,21+,22+,23+,24+/m1/s1. The predicted molar refractivity (Wildman–Crippen MR) is 113 cm³/mol. The Labute approximate surface area is 177 Å². The van der Waals surface area contributed by atoms with Crippen LogP contribution < -0.4 is 0 Å². The first-order valence-electron chi connectivity index (χ1n) is 11.0. The lowest BCUT2D eigenvalue weighted by Gasteiger charge is -2.63. The number of Topliss-reactive ketones (excluding diaryl/α,β-unsaturated/α-hetero) is 1. The van der Waals surface area contributed by atoms with Crippen molar-refractivity contribution in [3.8, 4) is 0 Å². The minimum atomic E-state index is -1.89. The van der Waals surface area contributed by atoms with Gasteiger partial charge in [0, 0.05) is 23.8 Å². The SMILES string of the molecule is C/N=C1/C=C(C)[C@@]2(C)C(=C1)CC[C@H]1C3C[C@@H](C)[C@](O)(C(=O)CO)[C@@]3(C)C[C@H](O)[C@@]12F. The summed E-state index contributed by atoms with van der Waals surface area (Å²) in [4.78, 5) is 16.9. The lowest BCUT2D eigenvalue weighted by Crippen LogP contribution is -2.70. The van der Waals surface area contributed by atoms with E-state index in [2.05, 4.69) is 4.99 Å². The van der Waals surface area contributed by atoms with Crippen molar-refractivity contribution < 1.29 is 24.5 Å². The summed E-state index contributed by atoms with van der Waals surface area (Å²) in [6.07, 6.45) is 4.25. The minimum absolute atomic E-state index is 0.0118. The van der Waals surface area contributed by atoms with Gasteiger partial charge >= 0.3 is 0 Å². The number of aliphatic imine (C=N–C) groups is 1. The number of hydrogen-bond acceptors (Lipinski definition) is 5. The molecule has 166 valence electrons. The molecule has 0 aromatic carbocycles. The fraction of sp³-hybridized carbons (Fsp3) is 0.750. The molecule has 4 rings (SSSR count). The molecule has 0 radical (unpaired) electrons. The van der Waals surface area contributed by atoms with Crippen LogP contribution in [0.1, 0.15) is 53.4 Å². The van der Waals surface area contributed by atoms with Crippen LogP contribution in [0, 0.1) is 28.6 Å². The molecule has 0 spiro atoms. The zero-order valence-electron chi connectivity index (χ0n) is 18.6. The summed E-state index contributed by atoms with van der Waals surface area (Å²) in [5, 5.41) is 32.4. The third-order valence-electron chi connectivity index (χ3n) is 9.57. The van der Waals surface area contributed by atoms with E-state index in [9.17, 15) is 20.1 Å². The molecule has 0 bridgehead atoms. The van der Waals surface area contributed by atoms with Crippen molar-refractivity contribution in [3.05, 3.63) is 23.3 Å². The fourth-order valence-electron chi connectivity index (χ4n) is 7.79. The summed E-state index contributed by atoms with van der Waals surface area (Å²) in [5.41, 5.74) is -2.96. The smallest absolute Gasteiger partial charge is 0.190 e. The van der Waals surface area contributed by atoms with Crippen molar-refractivity contribution in [2.75, 3.05) is 13.7 Å². The highest BCUT2D eigenvalue weighted by Gasteiger charge is 2.76. The molecule has 0 aliphatic heterocycles. The quantitative estimate of drug-likeness (QED) is 0.642. The zero-order valence-corrected chi connectivity index (χ0v) is 18.6. The fourth-order valence-corrected chi connectivity index (χ4v) is 7.79. The molecule has 4 aliphatic carbocycles. The number of aliphatic hydroxyl groups is 3. The lowest BCUT2D eigenvalue weighted by molar-refractivity contribution is -0.221. The molecule has 3 fully saturated rings. The van der Waals surface area contributed by atoms with Crippen molar-refractivity contribution in [3.63, 3.8) is 0 Å². The van der Waals surface area contributed by atoms with E-state index in [1.54, 1.807) is 20.9 Å². The number of aliphatic hydroxyl groups excluding tert-OH is 2. The van der Waals surface area contributed by atoms with Crippen LogP contribution in [0.5, 0.6) is 0 Å². The van der Waals surface area contributed by atoms with E-state index >= 15 is 4.39 Å². The summed E-state index contributed by atoms with van der Waals surface area (Å²) in [5.74, 6) is -1.78. The van der Waals surface area contributed by atoms with E-state index in [1.165, 1.54) is 0 Å². The molecule has 0 saturated heterocycles. The first-order chi connectivity index (χ1) is 13.9. The molecule has 0 heterocycles. The highest BCUT2D eigenvalue weighted by Crippen LogP contribution is 2.71. The van der Waals surface area contributed by atoms with Crippen LogP contribution in [0.25, 0.3) is 0 Å². The summed E-state index contributed by atoms with van der Waals surface area (Å²) < 4.78 is 17.3. The average molecular weight is 420 g/mol. The number of ketones is 1. The topological polar surface area (TPSA) is 90.1 Å². The van der Waals surface area contributed by atoms with Crippen LogP contribution >= 0.6 is 0 Å². The molecule has 3 N–H and O–H groups in total. The van der Waals surface area contributed by atoms with Gasteiger partial charge in [0.25, 0.3) is 0 Å². The second-order valence-electron chi connectivity index (χ2n) is 10.4. The van der Waals surface area contributed by atoms with Gasteiger partial charge in [0.15, 0.2) is 11.5 Å². The van der Waals surface area contributed by atoms with Crippen molar-refractivity contribution >= 4 is 11.5 Å². The Bertz CT molecular complexity index is 880. The van der Waals surface area contributed by atoms with Crippen LogP contribution in [0.15, 0.2) is 28.3 Å². The predicted octanol–water partition coefficient (Wildman–Crippen LogP) is 2.79. The van der Waals surface area contributed by atoms with E-state index in [-0.39, 0.29) is 12.3 Å². The number of nitrogens with zero attached hydrogens (tertiary/aromatic N) is 1. The molecular weight excluding hydrogens is 385 g/mol. The number of alkyl halides is 1. The molecule has 5 nitrogen and oxygen atoms in total. The molecule has 0 amide bonds. The van der Waals surface area contributed by atoms with Gasteiger partial charge in [-0.3, -0.25) is 9.79 Å². The zero-order chi connectivity index (χ0) is 22.3. The maximum Gasteiger partial charge on any atom is 0.190 e. The maximum absolute atomic E-state index is 17.3. The number of fused-ring (bicyclic) bond motifs is 5. The van der Waals surface area contributed by atoms with Gasteiger partial charge in [-0.25, -0.2) is 4.39 Å². The first kappa shape index (κ1) is 21.8. The van der Waals surface area contributed by atoms with E-state index in [0.717, 1.165) is 16.9 Å². The number of carbonyl (C=O) groups excluding carboxylic acids is 1. The van der Waals surface area contributed by atoms with Gasteiger partial charge in [0.05, 0.1) is 11.8 Å². The van der Waals surface area contributed by atoms with Crippen LogP contribution in [0.2, 0.25) is 0 Å². The third-order valence-corrected chi connectivity index (χ3v) is 9.57. The largest absolute Gasteiger partial charge is 0.390 e. The number of carbonyl (C=O) groups is 1.